The Morgan fingerprint density at radius 1 is 1.18 bits per heavy atom. The molecule has 0 heterocycles. The molecule has 5 rings (SSSR count). The largest absolute Gasteiger partial charge is 0.455 e. The molecule has 1 amide bonds. The molecule has 4 aliphatic rings. The molecular formula is C22H29NO4S. The lowest BCUT2D eigenvalue weighted by Crippen LogP contribution is -2.58. The molecule has 0 aliphatic heterocycles. The Labute approximate surface area is 170 Å². The molecule has 4 aliphatic carbocycles. The topological polar surface area (TPSA) is 75.6 Å². The van der Waals surface area contributed by atoms with Crippen molar-refractivity contribution in [1.82, 2.24) is 5.32 Å². The summed E-state index contributed by atoms with van der Waals surface area (Å²) in [6.45, 7) is 2.35. The van der Waals surface area contributed by atoms with Gasteiger partial charge in [0.1, 0.15) is 0 Å². The number of hydrogen-bond acceptors (Lipinski definition) is 5. The molecule has 0 saturated heterocycles. The van der Waals surface area contributed by atoms with Gasteiger partial charge in [0, 0.05) is 17.2 Å². The summed E-state index contributed by atoms with van der Waals surface area (Å²) in [4.78, 5) is 26.0. The van der Waals surface area contributed by atoms with Crippen LogP contribution in [0.4, 0.5) is 0 Å². The highest BCUT2D eigenvalue weighted by atomic mass is 32.2. The summed E-state index contributed by atoms with van der Waals surface area (Å²) in [5, 5.41) is 13.6. The zero-order valence-corrected chi connectivity index (χ0v) is 17.2. The van der Waals surface area contributed by atoms with Crippen LogP contribution in [0.5, 0.6) is 0 Å². The molecule has 28 heavy (non-hydrogen) atoms. The van der Waals surface area contributed by atoms with Crippen LogP contribution >= 0.6 is 11.8 Å². The first-order valence-electron chi connectivity index (χ1n) is 10.2. The van der Waals surface area contributed by atoms with Gasteiger partial charge < -0.3 is 15.2 Å². The summed E-state index contributed by atoms with van der Waals surface area (Å²) >= 11 is 1.68. The molecule has 2 N–H and O–H groups in total. The number of nitrogens with one attached hydrogen (secondary N) is 1. The van der Waals surface area contributed by atoms with Gasteiger partial charge in [-0.1, -0.05) is 17.7 Å². The van der Waals surface area contributed by atoms with E-state index in [0.717, 1.165) is 37.9 Å². The van der Waals surface area contributed by atoms with Crippen molar-refractivity contribution in [3.63, 3.8) is 0 Å². The maximum atomic E-state index is 12.8. The number of benzene rings is 1. The molecular weight excluding hydrogens is 374 g/mol. The Morgan fingerprint density at radius 2 is 1.86 bits per heavy atom. The predicted molar refractivity (Wildman–Crippen MR) is 108 cm³/mol. The Morgan fingerprint density at radius 3 is 2.50 bits per heavy atom. The molecule has 1 aromatic rings. The highest BCUT2D eigenvalue weighted by molar-refractivity contribution is 7.99. The second-order valence-corrected chi connectivity index (χ2v) is 10.2. The normalized spacial score (nSPS) is 32.9. The van der Waals surface area contributed by atoms with Crippen LogP contribution in [0.15, 0.2) is 29.2 Å². The molecule has 2 unspecified atom stereocenters. The molecule has 152 valence electrons. The summed E-state index contributed by atoms with van der Waals surface area (Å²) in [6, 6.07) is 8.29. The summed E-state index contributed by atoms with van der Waals surface area (Å²) in [6.07, 6.45) is 4.87. The average molecular weight is 404 g/mol. The van der Waals surface area contributed by atoms with Crippen molar-refractivity contribution in [3.05, 3.63) is 29.8 Å². The molecule has 6 heteroatoms. The number of esters is 1. The Balaban J connectivity index is 1.20. The van der Waals surface area contributed by atoms with E-state index in [1.165, 1.54) is 10.5 Å². The van der Waals surface area contributed by atoms with Crippen LogP contribution in [0.1, 0.15) is 44.1 Å². The van der Waals surface area contributed by atoms with Crippen molar-refractivity contribution >= 4 is 23.6 Å². The molecule has 1 aromatic carbocycles. The van der Waals surface area contributed by atoms with Gasteiger partial charge in [0.2, 0.25) is 0 Å². The number of aryl methyl sites for hydroxylation is 1. The van der Waals surface area contributed by atoms with Gasteiger partial charge >= 0.3 is 5.97 Å². The standard InChI is InChI=1S/C22H29NO4S/c1-15-2-4-18(5-3-15)28-7-6-23-19(24)13-27-20(25)21-9-16-8-17(10-21)12-22(26,11-16)14-21/h2-5,16-17,26H,6-14H2,1H3,(H,23,24)/t16-,17+,21?,22?. The van der Waals surface area contributed by atoms with Crippen molar-refractivity contribution in [1.29, 1.82) is 0 Å². The molecule has 5 nitrogen and oxygen atoms in total. The molecule has 0 radical (unpaired) electrons. The minimum absolute atomic E-state index is 0.233. The second kappa shape index (κ2) is 7.71. The maximum absolute atomic E-state index is 12.8. The Hall–Kier alpha value is -1.53. The highest BCUT2D eigenvalue weighted by Gasteiger charge is 2.60. The quantitative estimate of drug-likeness (QED) is 0.416. The zero-order valence-electron chi connectivity index (χ0n) is 16.4. The van der Waals surface area contributed by atoms with E-state index < -0.39 is 11.0 Å². The van der Waals surface area contributed by atoms with Crippen LogP contribution < -0.4 is 5.32 Å². The van der Waals surface area contributed by atoms with Crippen molar-refractivity contribution in [3.8, 4) is 0 Å². The first-order valence-corrected chi connectivity index (χ1v) is 11.2. The fraction of sp³-hybridized carbons (Fsp3) is 0.636. The van der Waals surface area contributed by atoms with E-state index >= 15 is 0 Å². The van der Waals surface area contributed by atoms with Gasteiger partial charge in [-0.15, -0.1) is 11.8 Å². The predicted octanol–water partition coefficient (Wildman–Crippen LogP) is 3.08. The van der Waals surface area contributed by atoms with Crippen LogP contribution in [0.25, 0.3) is 0 Å². The average Bonchev–Trinajstić information content (AvgIpc) is 2.62. The van der Waals surface area contributed by atoms with Crippen LogP contribution in [-0.4, -0.2) is 41.5 Å². The minimum atomic E-state index is -0.696. The zero-order chi connectivity index (χ0) is 19.8. The van der Waals surface area contributed by atoms with Gasteiger partial charge in [-0.05, 0) is 69.4 Å². The Bertz CT molecular complexity index is 733. The lowest BCUT2D eigenvalue weighted by atomic mass is 9.48. The first kappa shape index (κ1) is 19.8. The smallest absolute Gasteiger partial charge is 0.312 e. The van der Waals surface area contributed by atoms with Crippen molar-refractivity contribution in [2.75, 3.05) is 18.9 Å². The molecule has 4 atom stereocenters. The number of aliphatic hydroxyl groups is 1. The van der Waals surface area contributed by atoms with E-state index in [4.69, 9.17) is 4.74 Å². The molecule has 4 saturated carbocycles. The van der Waals surface area contributed by atoms with Gasteiger partial charge in [0.25, 0.3) is 5.91 Å². The maximum Gasteiger partial charge on any atom is 0.312 e. The molecule has 4 fully saturated rings. The fourth-order valence-electron chi connectivity index (χ4n) is 5.78. The van der Waals surface area contributed by atoms with Gasteiger partial charge in [-0.25, -0.2) is 0 Å². The number of ether oxygens (including phenoxy) is 1. The van der Waals surface area contributed by atoms with Crippen LogP contribution in [0.2, 0.25) is 0 Å². The van der Waals surface area contributed by atoms with Crippen molar-refractivity contribution in [2.45, 2.75) is 55.9 Å². The summed E-state index contributed by atoms with van der Waals surface area (Å²) in [5.74, 6) is 1.06. The number of amides is 1. The van der Waals surface area contributed by atoms with Gasteiger partial charge in [-0.2, -0.15) is 0 Å². The summed E-state index contributed by atoms with van der Waals surface area (Å²) < 4.78 is 5.39. The lowest BCUT2D eigenvalue weighted by molar-refractivity contribution is -0.196. The lowest BCUT2D eigenvalue weighted by Gasteiger charge is -2.58. The van der Waals surface area contributed by atoms with E-state index in [2.05, 4.69) is 36.5 Å². The molecule has 0 aromatic heterocycles. The van der Waals surface area contributed by atoms with Crippen LogP contribution in [-0.2, 0) is 14.3 Å². The number of thioether (sulfide) groups is 1. The van der Waals surface area contributed by atoms with Crippen molar-refractivity contribution < 1.29 is 19.4 Å². The van der Waals surface area contributed by atoms with E-state index in [-0.39, 0.29) is 18.5 Å². The monoisotopic (exact) mass is 403 g/mol. The summed E-state index contributed by atoms with van der Waals surface area (Å²) in [5.41, 5.74) is -0.0375. The number of carbonyl (C=O) groups is 2. The van der Waals surface area contributed by atoms with E-state index in [9.17, 15) is 14.7 Å². The van der Waals surface area contributed by atoms with Gasteiger partial charge in [0.05, 0.1) is 11.0 Å². The van der Waals surface area contributed by atoms with E-state index in [1.54, 1.807) is 11.8 Å². The third-order valence-corrected chi connectivity index (χ3v) is 7.53. The third kappa shape index (κ3) is 4.23. The second-order valence-electron chi connectivity index (χ2n) is 9.05. The number of carbonyl (C=O) groups excluding carboxylic acids is 2. The van der Waals surface area contributed by atoms with Gasteiger partial charge in [-0.3, -0.25) is 9.59 Å². The van der Waals surface area contributed by atoms with Gasteiger partial charge in [0.15, 0.2) is 6.61 Å². The Kier molecular flexibility index (Phi) is 5.45. The molecule has 0 spiro atoms. The number of rotatable bonds is 7. The van der Waals surface area contributed by atoms with E-state index in [0.29, 0.717) is 24.8 Å². The summed E-state index contributed by atoms with van der Waals surface area (Å²) in [7, 11) is 0. The fourth-order valence-corrected chi connectivity index (χ4v) is 6.55. The van der Waals surface area contributed by atoms with Crippen LogP contribution in [0.3, 0.4) is 0 Å². The number of hydrogen-bond donors (Lipinski definition) is 2. The van der Waals surface area contributed by atoms with Crippen molar-refractivity contribution in [2.24, 2.45) is 17.3 Å². The highest BCUT2D eigenvalue weighted by Crippen LogP contribution is 2.61. The SMILES string of the molecule is Cc1ccc(SCCNC(=O)COC(=O)C23C[C@@H]4C[C@@H](CC(O)(C4)C2)C3)cc1. The third-order valence-electron chi connectivity index (χ3n) is 6.51. The molecule has 4 bridgehead atoms. The van der Waals surface area contributed by atoms with Crippen LogP contribution in [0, 0.1) is 24.2 Å². The minimum Gasteiger partial charge on any atom is -0.455 e. The first-order chi connectivity index (χ1) is 13.4. The van der Waals surface area contributed by atoms with E-state index in [1.807, 2.05) is 0 Å².